The number of thiophene rings is 1. The van der Waals surface area contributed by atoms with Gasteiger partial charge < -0.3 is 10.1 Å². The fourth-order valence-electron chi connectivity index (χ4n) is 2.65. The van der Waals surface area contributed by atoms with Gasteiger partial charge >= 0.3 is 0 Å². The molecule has 1 saturated heterocycles. The lowest BCUT2D eigenvalue weighted by Crippen LogP contribution is -2.36. The molecule has 1 aliphatic heterocycles. The molecule has 2 rings (SSSR count). The van der Waals surface area contributed by atoms with Gasteiger partial charge in [0.25, 0.3) is 0 Å². The maximum absolute atomic E-state index is 5.57. The van der Waals surface area contributed by atoms with Crippen LogP contribution in [-0.4, -0.2) is 19.8 Å². The number of nitrogens with one attached hydrogen (secondary N) is 1. The number of rotatable bonds is 5. The summed E-state index contributed by atoms with van der Waals surface area (Å²) in [6.07, 6.45) is 2.35. The van der Waals surface area contributed by atoms with Crippen molar-refractivity contribution < 1.29 is 4.74 Å². The van der Waals surface area contributed by atoms with Crippen molar-refractivity contribution in [3.05, 3.63) is 20.8 Å². The predicted molar refractivity (Wildman–Crippen MR) is 81.1 cm³/mol. The van der Waals surface area contributed by atoms with Crippen LogP contribution in [0.4, 0.5) is 0 Å². The Morgan fingerprint density at radius 3 is 3.00 bits per heavy atom. The molecule has 2 nitrogen and oxygen atoms in total. The summed E-state index contributed by atoms with van der Waals surface area (Å²) in [4.78, 5) is 1.45. The molecular formula is C14H22BrNOS. The van der Waals surface area contributed by atoms with Gasteiger partial charge in [0.05, 0.1) is 3.79 Å². The lowest BCUT2D eigenvalue weighted by molar-refractivity contribution is 0.0110. The Bertz CT molecular complexity index is 368. The van der Waals surface area contributed by atoms with E-state index in [0.29, 0.717) is 17.9 Å². The van der Waals surface area contributed by atoms with Crippen LogP contribution in [0.25, 0.3) is 0 Å². The minimum atomic E-state index is 0.486. The van der Waals surface area contributed by atoms with Gasteiger partial charge in [0.2, 0.25) is 0 Å². The summed E-state index contributed by atoms with van der Waals surface area (Å²) in [6.45, 7) is 7.44. The molecule has 0 amide bonds. The Balaban J connectivity index is 2.13. The van der Waals surface area contributed by atoms with Gasteiger partial charge in [-0.15, -0.1) is 11.3 Å². The Hall–Kier alpha value is 0.1000. The first kappa shape index (κ1) is 14.5. The highest BCUT2D eigenvalue weighted by molar-refractivity contribution is 9.11. The Morgan fingerprint density at radius 1 is 1.56 bits per heavy atom. The van der Waals surface area contributed by atoms with Crippen molar-refractivity contribution in [3.8, 4) is 0 Å². The average molecular weight is 332 g/mol. The highest BCUT2D eigenvalue weighted by Crippen LogP contribution is 2.37. The van der Waals surface area contributed by atoms with Gasteiger partial charge in [0.1, 0.15) is 0 Å². The van der Waals surface area contributed by atoms with Crippen LogP contribution in [-0.2, 0) is 4.74 Å². The van der Waals surface area contributed by atoms with E-state index in [0.717, 1.165) is 26.2 Å². The topological polar surface area (TPSA) is 21.3 Å². The molecule has 0 radical (unpaired) electrons. The van der Waals surface area contributed by atoms with Gasteiger partial charge in [0.15, 0.2) is 0 Å². The number of halogens is 1. The first-order valence-corrected chi connectivity index (χ1v) is 8.39. The smallest absolute Gasteiger partial charge is 0.0701 e. The molecule has 0 aromatic carbocycles. The van der Waals surface area contributed by atoms with Crippen molar-refractivity contribution in [1.29, 1.82) is 0 Å². The van der Waals surface area contributed by atoms with Crippen molar-refractivity contribution in [1.82, 2.24) is 5.32 Å². The predicted octanol–water partition coefficient (Wildman–Crippen LogP) is 4.22. The fourth-order valence-corrected chi connectivity index (χ4v) is 4.23. The van der Waals surface area contributed by atoms with Crippen LogP contribution in [0.15, 0.2) is 15.9 Å². The quantitative estimate of drug-likeness (QED) is 0.871. The van der Waals surface area contributed by atoms with E-state index in [1.54, 1.807) is 0 Å². The fraction of sp³-hybridized carbons (Fsp3) is 0.714. The van der Waals surface area contributed by atoms with Crippen LogP contribution in [0.2, 0.25) is 0 Å². The molecule has 3 atom stereocenters. The summed E-state index contributed by atoms with van der Waals surface area (Å²) in [5.41, 5.74) is 0. The molecule has 0 aliphatic carbocycles. The normalized spacial score (nSPS) is 26.2. The van der Waals surface area contributed by atoms with E-state index < -0.39 is 0 Å². The lowest BCUT2D eigenvalue weighted by atomic mass is 9.83. The average Bonchev–Trinajstić information content (AvgIpc) is 2.78. The van der Waals surface area contributed by atoms with E-state index >= 15 is 0 Å². The Morgan fingerprint density at radius 2 is 2.39 bits per heavy atom. The number of ether oxygens (including phenoxy) is 1. The summed E-state index contributed by atoms with van der Waals surface area (Å²) in [6, 6.07) is 4.90. The van der Waals surface area contributed by atoms with Crippen molar-refractivity contribution in [2.45, 2.75) is 32.7 Å². The van der Waals surface area contributed by atoms with Crippen LogP contribution in [0.5, 0.6) is 0 Å². The molecule has 102 valence electrons. The Kier molecular flexibility index (Phi) is 5.67. The molecule has 2 heterocycles. The third-order valence-corrected chi connectivity index (χ3v) is 5.36. The van der Waals surface area contributed by atoms with Crippen LogP contribution in [0, 0.1) is 11.8 Å². The molecular weight excluding hydrogens is 310 g/mol. The summed E-state index contributed by atoms with van der Waals surface area (Å²) in [7, 11) is 0. The van der Waals surface area contributed by atoms with Gasteiger partial charge in [-0.2, -0.15) is 0 Å². The van der Waals surface area contributed by atoms with E-state index in [4.69, 9.17) is 4.74 Å². The number of hydrogen-bond acceptors (Lipinski definition) is 3. The van der Waals surface area contributed by atoms with E-state index in [1.165, 1.54) is 15.1 Å². The minimum Gasteiger partial charge on any atom is -0.381 e. The molecule has 1 aromatic rings. The van der Waals surface area contributed by atoms with Crippen LogP contribution >= 0.6 is 27.3 Å². The summed E-state index contributed by atoms with van der Waals surface area (Å²) >= 11 is 5.43. The summed E-state index contributed by atoms with van der Waals surface area (Å²) in [5, 5.41) is 3.73. The molecule has 0 bridgehead atoms. The summed E-state index contributed by atoms with van der Waals surface area (Å²) < 4.78 is 6.80. The lowest BCUT2D eigenvalue weighted by Gasteiger charge is -2.35. The highest BCUT2D eigenvalue weighted by atomic mass is 79.9. The van der Waals surface area contributed by atoms with E-state index in [1.807, 2.05) is 11.3 Å². The van der Waals surface area contributed by atoms with Crippen LogP contribution < -0.4 is 5.32 Å². The standard InChI is InChI=1S/C14H22BrNOS/c1-3-7-16-14(12-4-5-13(15)18-12)11-6-8-17-9-10(11)2/h4-5,10-11,14,16H,3,6-9H2,1-2H3. The second-order valence-corrected chi connectivity index (χ2v) is 7.57. The molecule has 1 aliphatic rings. The zero-order valence-corrected chi connectivity index (χ0v) is 13.5. The minimum absolute atomic E-state index is 0.486. The van der Waals surface area contributed by atoms with Crippen LogP contribution in [0.1, 0.15) is 37.6 Å². The summed E-state index contributed by atoms with van der Waals surface area (Å²) in [5.74, 6) is 1.32. The maximum Gasteiger partial charge on any atom is 0.0701 e. The molecule has 0 spiro atoms. The van der Waals surface area contributed by atoms with Crippen molar-refractivity contribution >= 4 is 27.3 Å². The Labute approximate surface area is 122 Å². The maximum atomic E-state index is 5.57. The SMILES string of the molecule is CCCNC(c1ccc(Br)s1)C1CCOCC1C. The molecule has 4 heteroatoms. The van der Waals surface area contributed by atoms with E-state index in [2.05, 4.69) is 47.2 Å². The van der Waals surface area contributed by atoms with Crippen molar-refractivity contribution in [3.63, 3.8) is 0 Å². The third-order valence-electron chi connectivity index (χ3n) is 3.65. The highest BCUT2D eigenvalue weighted by Gasteiger charge is 2.31. The zero-order valence-electron chi connectivity index (χ0n) is 11.1. The molecule has 18 heavy (non-hydrogen) atoms. The molecule has 1 N–H and O–H groups in total. The monoisotopic (exact) mass is 331 g/mol. The second kappa shape index (κ2) is 7.04. The molecule has 0 saturated carbocycles. The first-order chi connectivity index (χ1) is 8.72. The van der Waals surface area contributed by atoms with Gasteiger partial charge in [0, 0.05) is 24.1 Å². The first-order valence-electron chi connectivity index (χ1n) is 6.78. The van der Waals surface area contributed by atoms with Gasteiger partial charge in [-0.05, 0) is 59.3 Å². The van der Waals surface area contributed by atoms with Gasteiger partial charge in [-0.1, -0.05) is 13.8 Å². The third kappa shape index (κ3) is 3.56. The molecule has 1 aromatic heterocycles. The van der Waals surface area contributed by atoms with E-state index in [9.17, 15) is 0 Å². The van der Waals surface area contributed by atoms with Gasteiger partial charge in [-0.25, -0.2) is 0 Å². The largest absolute Gasteiger partial charge is 0.381 e. The second-order valence-electron chi connectivity index (χ2n) is 5.08. The van der Waals surface area contributed by atoms with E-state index in [-0.39, 0.29) is 0 Å². The van der Waals surface area contributed by atoms with Gasteiger partial charge in [-0.3, -0.25) is 0 Å². The van der Waals surface area contributed by atoms with Crippen molar-refractivity contribution in [2.75, 3.05) is 19.8 Å². The van der Waals surface area contributed by atoms with Crippen molar-refractivity contribution in [2.24, 2.45) is 11.8 Å². The zero-order chi connectivity index (χ0) is 13.0. The molecule has 1 fully saturated rings. The van der Waals surface area contributed by atoms with Crippen LogP contribution in [0.3, 0.4) is 0 Å². The number of hydrogen-bond donors (Lipinski definition) is 1. The molecule has 3 unspecified atom stereocenters.